The highest BCUT2D eigenvalue weighted by Gasteiger charge is 2.18. The first-order valence-electron chi connectivity index (χ1n) is 7.44. The largest absolute Gasteiger partial charge is 0.389 e. The Hall–Kier alpha value is -2.15. The molecule has 2 aromatic carbocycles. The quantitative estimate of drug-likeness (QED) is 0.889. The maximum Gasteiger partial charge on any atom is 0.0991 e. The molecule has 0 aliphatic heterocycles. The van der Waals surface area contributed by atoms with E-state index in [1.54, 1.807) is 6.07 Å². The van der Waals surface area contributed by atoms with E-state index in [0.717, 1.165) is 12.1 Å². The highest BCUT2D eigenvalue weighted by molar-refractivity contribution is 5.32. The van der Waals surface area contributed by atoms with Gasteiger partial charge in [-0.3, -0.25) is 4.90 Å². The molecule has 0 aliphatic rings. The third-order valence-corrected chi connectivity index (χ3v) is 3.32. The van der Waals surface area contributed by atoms with Crippen LogP contribution < -0.4 is 0 Å². The van der Waals surface area contributed by atoms with Gasteiger partial charge in [0.05, 0.1) is 17.2 Å². The lowest BCUT2D eigenvalue weighted by Crippen LogP contribution is -2.37. The van der Waals surface area contributed by atoms with Gasteiger partial charge in [0.2, 0.25) is 0 Å². The number of benzene rings is 2. The summed E-state index contributed by atoms with van der Waals surface area (Å²) in [5.74, 6) is 0. The number of nitriles is 1. The number of aliphatic hydroxyl groups is 1. The fourth-order valence-corrected chi connectivity index (χ4v) is 2.55. The van der Waals surface area contributed by atoms with Gasteiger partial charge in [0.25, 0.3) is 0 Å². The average molecular weight is 294 g/mol. The molecule has 0 amide bonds. The molecule has 0 unspecified atom stereocenters. The lowest BCUT2D eigenvalue weighted by molar-refractivity contribution is 0.0307. The summed E-state index contributed by atoms with van der Waals surface area (Å²) in [5, 5.41) is 19.2. The van der Waals surface area contributed by atoms with Gasteiger partial charge in [0.15, 0.2) is 0 Å². The molecule has 114 valence electrons. The first-order chi connectivity index (χ1) is 10.5. The second-order valence-corrected chi connectivity index (χ2v) is 6.26. The molecule has 2 rings (SSSR count). The molecule has 2 aromatic rings. The standard InChI is InChI=1S/C19H22N2O/c1-19(2,22)15-21(13-16-7-4-3-5-8-16)14-18-10-6-9-17(11-18)12-20/h3-11,22H,13-15H2,1-2H3. The van der Waals surface area contributed by atoms with Gasteiger partial charge in [0.1, 0.15) is 0 Å². The molecule has 0 bridgehead atoms. The second-order valence-electron chi connectivity index (χ2n) is 6.26. The van der Waals surface area contributed by atoms with Crippen molar-refractivity contribution in [3.63, 3.8) is 0 Å². The van der Waals surface area contributed by atoms with Crippen molar-refractivity contribution < 1.29 is 5.11 Å². The molecular formula is C19H22N2O. The van der Waals surface area contributed by atoms with Gasteiger partial charge in [0, 0.05) is 19.6 Å². The van der Waals surface area contributed by atoms with Crippen LogP contribution in [0.15, 0.2) is 54.6 Å². The van der Waals surface area contributed by atoms with E-state index in [4.69, 9.17) is 5.26 Å². The Bertz CT molecular complexity index is 638. The molecule has 0 heterocycles. The van der Waals surface area contributed by atoms with E-state index in [1.165, 1.54) is 5.56 Å². The zero-order valence-electron chi connectivity index (χ0n) is 13.2. The molecule has 3 nitrogen and oxygen atoms in total. The van der Waals surface area contributed by atoms with E-state index in [-0.39, 0.29) is 0 Å². The molecule has 3 heteroatoms. The lowest BCUT2D eigenvalue weighted by Gasteiger charge is -2.29. The van der Waals surface area contributed by atoms with Crippen LogP contribution in [0.1, 0.15) is 30.5 Å². The van der Waals surface area contributed by atoms with Crippen molar-refractivity contribution >= 4 is 0 Å². The van der Waals surface area contributed by atoms with Crippen molar-refractivity contribution in [1.82, 2.24) is 4.90 Å². The van der Waals surface area contributed by atoms with Crippen molar-refractivity contribution in [3.05, 3.63) is 71.3 Å². The summed E-state index contributed by atoms with van der Waals surface area (Å²) >= 11 is 0. The van der Waals surface area contributed by atoms with E-state index in [1.807, 2.05) is 50.2 Å². The minimum Gasteiger partial charge on any atom is -0.389 e. The van der Waals surface area contributed by atoms with E-state index >= 15 is 0 Å². The molecule has 0 radical (unpaired) electrons. The fraction of sp³-hybridized carbons (Fsp3) is 0.316. The van der Waals surface area contributed by atoms with E-state index in [2.05, 4.69) is 23.1 Å². The molecule has 1 N–H and O–H groups in total. The monoisotopic (exact) mass is 294 g/mol. The SMILES string of the molecule is CC(C)(O)CN(Cc1ccccc1)Cc1cccc(C#N)c1. The minimum atomic E-state index is -0.762. The van der Waals surface area contributed by atoms with Crippen molar-refractivity contribution in [2.75, 3.05) is 6.54 Å². The summed E-state index contributed by atoms with van der Waals surface area (Å²) in [6.07, 6.45) is 0. The molecule has 0 spiro atoms. The summed E-state index contributed by atoms with van der Waals surface area (Å²) in [6, 6.07) is 20.0. The normalized spacial score (nSPS) is 11.4. The van der Waals surface area contributed by atoms with Gasteiger partial charge in [-0.1, -0.05) is 42.5 Å². The van der Waals surface area contributed by atoms with Gasteiger partial charge < -0.3 is 5.11 Å². The van der Waals surface area contributed by atoms with Crippen LogP contribution in [0.4, 0.5) is 0 Å². The van der Waals surface area contributed by atoms with Crippen LogP contribution in [0.5, 0.6) is 0 Å². The topological polar surface area (TPSA) is 47.3 Å². The Morgan fingerprint density at radius 1 is 1.00 bits per heavy atom. The molecule has 0 aromatic heterocycles. The Morgan fingerprint density at radius 2 is 1.64 bits per heavy atom. The first-order valence-corrected chi connectivity index (χ1v) is 7.44. The van der Waals surface area contributed by atoms with Crippen molar-refractivity contribution in [3.8, 4) is 6.07 Å². The Labute approximate surface area is 132 Å². The maximum atomic E-state index is 10.2. The third-order valence-electron chi connectivity index (χ3n) is 3.32. The zero-order chi connectivity index (χ0) is 16.0. The van der Waals surface area contributed by atoms with Gasteiger partial charge >= 0.3 is 0 Å². The lowest BCUT2D eigenvalue weighted by atomic mass is 10.1. The van der Waals surface area contributed by atoms with E-state index in [9.17, 15) is 5.11 Å². The van der Waals surface area contributed by atoms with Crippen LogP contribution in [-0.2, 0) is 13.1 Å². The molecule has 0 saturated carbocycles. The van der Waals surface area contributed by atoms with Crippen LogP contribution in [0, 0.1) is 11.3 Å². The van der Waals surface area contributed by atoms with E-state index in [0.29, 0.717) is 18.7 Å². The second kappa shape index (κ2) is 7.22. The Kier molecular flexibility index (Phi) is 5.32. The van der Waals surface area contributed by atoms with Crippen molar-refractivity contribution in [2.24, 2.45) is 0 Å². The summed E-state index contributed by atoms with van der Waals surface area (Å²) < 4.78 is 0. The van der Waals surface area contributed by atoms with Crippen LogP contribution in [0.25, 0.3) is 0 Å². The van der Waals surface area contributed by atoms with Gasteiger partial charge in [-0.15, -0.1) is 0 Å². The summed E-state index contributed by atoms with van der Waals surface area (Å²) in [4.78, 5) is 2.20. The van der Waals surface area contributed by atoms with Crippen LogP contribution in [-0.4, -0.2) is 22.2 Å². The number of nitrogens with zero attached hydrogens (tertiary/aromatic N) is 2. The van der Waals surface area contributed by atoms with E-state index < -0.39 is 5.60 Å². The van der Waals surface area contributed by atoms with Gasteiger partial charge in [-0.05, 0) is 37.1 Å². The molecular weight excluding hydrogens is 272 g/mol. The zero-order valence-corrected chi connectivity index (χ0v) is 13.2. The predicted molar refractivity (Wildman–Crippen MR) is 88.0 cm³/mol. The average Bonchev–Trinajstić information content (AvgIpc) is 2.46. The third kappa shape index (κ3) is 5.33. The molecule has 22 heavy (non-hydrogen) atoms. The van der Waals surface area contributed by atoms with Crippen molar-refractivity contribution in [2.45, 2.75) is 32.5 Å². The molecule has 0 aliphatic carbocycles. The van der Waals surface area contributed by atoms with Crippen LogP contribution in [0.2, 0.25) is 0 Å². The van der Waals surface area contributed by atoms with Gasteiger partial charge in [-0.25, -0.2) is 0 Å². The fourth-order valence-electron chi connectivity index (χ4n) is 2.55. The van der Waals surface area contributed by atoms with Crippen molar-refractivity contribution in [1.29, 1.82) is 5.26 Å². The minimum absolute atomic E-state index is 0.568. The molecule has 0 fully saturated rings. The summed E-state index contributed by atoms with van der Waals surface area (Å²) in [7, 11) is 0. The number of hydrogen-bond donors (Lipinski definition) is 1. The molecule has 0 saturated heterocycles. The van der Waals surface area contributed by atoms with Gasteiger partial charge in [-0.2, -0.15) is 5.26 Å². The Balaban J connectivity index is 2.15. The summed E-state index contributed by atoms with van der Waals surface area (Å²) in [5.41, 5.74) is 2.20. The maximum absolute atomic E-state index is 10.2. The molecule has 0 atom stereocenters. The van der Waals surface area contributed by atoms with Crippen LogP contribution in [0.3, 0.4) is 0 Å². The number of rotatable bonds is 6. The van der Waals surface area contributed by atoms with Crippen LogP contribution >= 0.6 is 0 Å². The number of hydrogen-bond acceptors (Lipinski definition) is 3. The highest BCUT2D eigenvalue weighted by Crippen LogP contribution is 2.15. The first kappa shape index (κ1) is 16.2. The predicted octanol–water partition coefficient (Wildman–Crippen LogP) is 3.33. The smallest absolute Gasteiger partial charge is 0.0991 e. The summed E-state index contributed by atoms with van der Waals surface area (Å²) in [6.45, 7) is 5.67. The highest BCUT2D eigenvalue weighted by atomic mass is 16.3. The Morgan fingerprint density at radius 3 is 2.27 bits per heavy atom.